The zero-order chi connectivity index (χ0) is 21.2. The Bertz CT molecular complexity index is 893. The van der Waals surface area contributed by atoms with Crippen LogP contribution in [0.5, 0.6) is 5.88 Å². The summed E-state index contributed by atoms with van der Waals surface area (Å²) in [6.07, 6.45) is 0.624. The Morgan fingerprint density at radius 3 is 2.72 bits per heavy atom. The maximum atomic E-state index is 14.3. The number of aromatic nitrogens is 1. The van der Waals surface area contributed by atoms with Crippen molar-refractivity contribution in [1.29, 1.82) is 0 Å². The number of rotatable bonds is 0. The van der Waals surface area contributed by atoms with Crippen molar-refractivity contribution in [2.45, 2.75) is 70.4 Å². The van der Waals surface area contributed by atoms with Crippen molar-refractivity contribution in [1.82, 2.24) is 14.8 Å². The molecule has 2 fully saturated rings. The molecule has 2 amide bonds. The van der Waals surface area contributed by atoms with Gasteiger partial charge in [0.05, 0.1) is 22.6 Å². The zero-order valence-corrected chi connectivity index (χ0v) is 18.9. The fourth-order valence-electron chi connectivity index (χ4n) is 4.52. The normalized spacial score (nSPS) is 28.4. The third-order valence-electron chi connectivity index (χ3n) is 5.57. The predicted molar refractivity (Wildman–Crippen MR) is 107 cm³/mol. The summed E-state index contributed by atoms with van der Waals surface area (Å²) in [7, 11) is 0. The molecule has 4 heterocycles. The van der Waals surface area contributed by atoms with Crippen molar-refractivity contribution >= 4 is 39.5 Å². The van der Waals surface area contributed by atoms with Crippen LogP contribution in [0.2, 0.25) is 5.15 Å². The molecule has 10 heteroatoms. The summed E-state index contributed by atoms with van der Waals surface area (Å²) in [4.78, 5) is 33.6. The largest absolute Gasteiger partial charge is 0.472 e. The van der Waals surface area contributed by atoms with E-state index in [1.54, 1.807) is 9.80 Å². The van der Waals surface area contributed by atoms with E-state index in [9.17, 15) is 14.0 Å². The van der Waals surface area contributed by atoms with Gasteiger partial charge in [-0.15, -0.1) is 0 Å². The van der Waals surface area contributed by atoms with Crippen molar-refractivity contribution in [3.05, 3.63) is 21.0 Å². The summed E-state index contributed by atoms with van der Waals surface area (Å²) in [6.45, 7) is 7.61. The van der Waals surface area contributed by atoms with E-state index in [0.29, 0.717) is 6.54 Å². The number of halogens is 3. The van der Waals surface area contributed by atoms with Crippen LogP contribution >= 0.6 is 27.5 Å². The summed E-state index contributed by atoms with van der Waals surface area (Å²) in [5.74, 6) is -1.19. The number of fused-ring (bicyclic) bond motifs is 5. The number of hydrogen-bond acceptors (Lipinski definition) is 5. The van der Waals surface area contributed by atoms with Gasteiger partial charge in [-0.1, -0.05) is 11.6 Å². The molecule has 1 aromatic heterocycles. The molecule has 0 spiro atoms. The SMILES string of the molecule is C[C@@H]1Oc2nc(Cl)c(F)c(Br)c2C(=O)N2C[C@H]3CC[C@@H]([C@@H]12)N3C(=O)OC(C)(C)C. The predicted octanol–water partition coefficient (Wildman–Crippen LogP) is 4.01. The Morgan fingerprint density at radius 2 is 2.07 bits per heavy atom. The van der Waals surface area contributed by atoms with Crippen LogP contribution in [-0.4, -0.2) is 63.2 Å². The lowest BCUT2D eigenvalue weighted by Crippen LogP contribution is -2.65. The Hall–Kier alpha value is -1.61. The lowest BCUT2D eigenvalue weighted by Gasteiger charge is -2.47. The zero-order valence-electron chi connectivity index (χ0n) is 16.5. The molecule has 29 heavy (non-hydrogen) atoms. The molecule has 0 saturated carbocycles. The molecule has 158 valence electrons. The van der Waals surface area contributed by atoms with E-state index in [1.165, 1.54) is 0 Å². The molecule has 0 unspecified atom stereocenters. The molecule has 2 saturated heterocycles. The number of amides is 2. The first-order valence-corrected chi connectivity index (χ1v) is 10.7. The topological polar surface area (TPSA) is 72.0 Å². The molecule has 3 aliphatic rings. The Kier molecular flexibility index (Phi) is 4.97. The quantitative estimate of drug-likeness (QED) is 0.514. The van der Waals surface area contributed by atoms with Crippen molar-refractivity contribution in [3.63, 3.8) is 0 Å². The van der Waals surface area contributed by atoms with E-state index in [1.807, 2.05) is 27.7 Å². The molecule has 4 atom stereocenters. The van der Waals surface area contributed by atoms with Crippen LogP contribution in [-0.2, 0) is 4.74 Å². The van der Waals surface area contributed by atoms with Crippen molar-refractivity contribution in [2.75, 3.05) is 6.54 Å². The minimum atomic E-state index is -0.802. The highest BCUT2D eigenvalue weighted by molar-refractivity contribution is 9.10. The van der Waals surface area contributed by atoms with Gasteiger partial charge in [0.25, 0.3) is 5.91 Å². The second-order valence-electron chi connectivity index (χ2n) is 8.67. The van der Waals surface area contributed by atoms with Crippen LogP contribution in [0.3, 0.4) is 0 Å². The number of hydrogen-bond donors (Lipinski definition) is 0. The molecule has 0 aromatic carbocycles. The van der Waals surface area contributed by atoms with Gasteiger partial charge >= 0.3 is 6.09 Å². The van der Waals surface area contributed by atoms with E-state index < -0.39 is 23.6 Å². The maximum absolute atomic E-state index is 14.3. The monoisotopic (exact) mass is 489 g/mol. The number of carbonyl (C=O) groups excluding carboxylic acids is 2. The second kappa shape index (κ2) is 6.97. The first-order chi connectivity index (χ1) is 13.5. The van der Waals surface area contributed by atoms with Crippen LogP contribution in [0.4, 0.5) is 9.18 Å². The minimum absolute atomic E-state index is 0.00475. The summed E-state index contributed by atoms with van der Waals surface area (Å²) >= 11 is 8.98. The lowest BCUT2D eigenvalue weighted by atomic mass is 9.98. The third-order valence-corrected chi connectivity index (χ3v) is 6.57. The number of piperazine rings is 1. The average Bonchev–Trinajstić information content (AvgIpc) is 2.86. The van der Waals surface area contributed by atoms with Crippen LogP contribution in [0.25, 0.3) is 0 Å². The molecule has 7 nitrogen and oxygen atoms in total. The highest BCUT2D eigenvalue weighted by atomic mass is 79.9. The van der Waals surface area contributed by atoms with Crippen LogP contribution in [0, 0.1) is 5.82 Å². The molecule has 0 radical (unpaired) electrons. The third kappa shape index (κ3) is 3.36. The van der Waals surface area contributed by atoms with Gasteiger partial charge in [0.2, 0.25) is 5.88 Å². The van der Waals surface area contributed by atoms with E-state index >= 15 is 0 Å². The smallest absolute Gasteiger partial charge is 0.410 e. The van der Waals surface area contributed by atoms with Gasteiger partial charge in [-0.3, -0.25) is 9.69 Å². The molecular formula is C19H22BrClFN3O4. The van der Waals surface area contributed by atoms with Crippen LogP contribution < -0.4 is 4.74 Å². The fourth-order valence-corrected chi connectivity index (χ4v) is 5.33. The van der Waals surface area contributed by atoms with Crippen molar-refractivity contribution < 1.29 is 23.5 Å². The summed E-state index contributed by atoms with van der Waals surface area (Å²) in [5, 5.41) is -0.368. The van der Waals surface area contributed by atoms with Crippen molar-refractivity contribution in [3.8, 4) is 5.88 Å². The van der Waals surface area contributed by atoms with Gasteiger partial charge in [0.1, 0.15) is 17.3 Å². The number of nitrogens with zero attached hydrogens (tertiary/aromatic N) is 3. The fraction of sp³-hybridized carbons (Fsp3) is 0.632. The molecule has 4 rings (SSSR count). The van der Waals surface area contributed by atoms with E-state index in [-0.39, 0.29) is 45.2 Å². The second-order valence-corrected chi connectivity index (χ2v) is 9.82. The first kappa shape index (κ1) is 20.7. The molecule has 1 aromatic rings. The Balaban J connectivity index is 1.72. The van der Waals surface area contributed by atoms with E-state index in [4.69, 9.17) is 21.1 Å². The Morgan fingerprint density at radius 1 is 1.38 bits per heavy atom. The van der Waals surface area contributed by atoms with E-state index in [0.717, 1.165) is 12.8 Å². The van der Waals surface area contributed by atoms with E-state index in [2.05, 4.69) is 20.9 Å². The summed E-state index contributed by atoms with van der Waals surface area (Å²) in [6, 6.07) is -0.819. The summed E-state index contributed by atoms with van der Waals surface area (Å²) < 4.78 is 25.8. The van der Waals surface area contributed by atoms with Gasteiger partial charge in [0.15, 0.2) is 11.0 Å². The van der Waals surface area contributed by atoms with Gasteiger partial charge in [0, 0.05) is 6.54 Å². The highest BCUT2D eigenvalue weighted by Gasteiger charge is 2.54. The van der Waals surface area contributed by atoms with Gasteiger partial charge in [-0.25, -0.2) is 9.18 Å². The maximum Gasteiger partial charge on any atom is 0.410 e. The standard InChI is InChI=1S/C19H22BrClFN3O4/c1-8-14-10-6-5-9(25(10)18(27)29-19(2,3)4)7-24(14)17(26)11-12(20)13(22)15(21)23-16(11)28-8/h8-10,14H,5-7H2,1-4H3/t8-,9+,10-,14+/m0/s1. The molecule has 2 bridgehead atoms. The lowest BCUT2D eigenvalue weighted by molar-refractivity contribution is -0.0350. The van der Waals surface area contributed by atoms with Gasteiger partial charge in [-0.2, -0.15) is 4.98 Å². The van der Waals surface area contributed by atoms with Crippen LogP contribution in [0.1, 0.15) is 50.9 Å². The number of ether oxygens (including phenoxy) is 2. The average molecular weight is 491 g/mol. The number of pyridine rings is 1. The van der Waals surface area contributed by atoms with Gasteiger partial charge in [-0.05, 0) is 56.5 Å². The molecule has 0 N–H and O–H groups in total. The molecule has 3 aliphatic heterocycles. The van der Waals surface area contributed by atoms with Crippen LogP contribution in [0.15, 0.2) is 4.47 Å². The minimum Gasteiger partial charge on any atom is -0.472 e. The highest BCUT2D eigenvalue weighted by Crippen LogP contribution is 2.42. The number of carbonyl (C=O) groups is 2. The van der Waals surface area contributed by atoms with Gasteiger partial charge < -0.3 is 14.4 Å². The Labute approximate surface area is 181 Å². The first-order valence-electron chi connectivity index (χ1n) is 9.53. The van der Waals surface area contributed by atoms with Crippen molar-refractivity contribution in [2.24, 2.45) is 0 Å². The molecular weight excluding hydrogens is 469 g/mol. The molecule has 0 aliphatic carbocycles. The summed E-state index contributed by atoms with van der Waals surface area (Å²) in [5.41, 5.74) is -0.597.